The van der Waals surface area contributed by atoms with Gasteiger partial charge < -0.3 is 25.1 Å². The van der Waals surface area contributed by atoms with Crippen LogP contribution in [0.4, 0.5) is 0 Å². The summed E-state index contributed by atoms with van der Waals surface area (Å²) in [5.41, 5.74) is -1.11. The topological polar surface area (TPSA) is 73.0 Å². The summed E-state index contributed by atoms with van der Waals surface area (Å²) in [6.45, 7) is 11.5. The first kappa shape index (κ1) is 23.2. The smallest absolute Gasteiger partial charge is 0.191 e. The molecule has 0 amide bonds. The third-order valence-corrected chi connectivity index (χ3v) is 4.58. The van der Waals surface area contributed by atoms with Gasteiger partial charge in [0.2, 0.25) is 0 Å². The number of furan rings is 1. The number of nitrogens with zero attached hydrogens (tertiary/aromatic N) is 2. The Balaban J connectivity index is 0.00000338. The second-order valence-electron chi connectivity index (χ2n) is 7.29. The maximum atomic E-state index is 10.5. The zero-order chi connectivity index (χ0) is 18.1. The van der Waals surface area contributed by atoms with Crippen molar-refractivity contribution in [2.24, 2.45) is 10.9 Å². The number of guanidine groups is 1. The van der Waals surface area contributed by atoms with Crippen molar-refractivity contribution < 1.29 is 9.52 Å². The second kappa shape index (κ2) is 11.8. The number of hydrogen-bond acceptors (Lipinski definition) is 4. The summed E-state index contributed by atoms with van der Waals surface area (Å²) in [4.78, 5) is 7.09. The molecular weight excluding hydrogens is 443 g/mol. The highest BCUT2D eigenvalue weighted by molar-refractivity contribution is 14.0. The molecule has 3 N–H and O–H groups in total. The van der Waals surface area contributed by atoms with Crippen LogP contribution in [-0.2, 0) is 5.60 Å². The van der Waals surface area contributed by atoms with E-state index in [-0.39, 0.29) is 30.5 Å². The standard InChI is InChI=1S/C19H34N4O2.HI/c1-4-20-18(22-15-19(3,24)17-9-8-12-25-17)21-13-16(2)14-23-10-6-5-7-11-23;/h8-9,12,16,24H,4-7,10-11,13-15H2,1-3H3,(H2,20,21,22);1H. The van der Waals surface area contributed by atoms with Crippen molar-refractivity contribution in [1.29, 1.82) is 0 Å². The van der Waals surface area contributed by atoms with Gasteiger partial charge in [-0.2, -0.15) is 0 Å². The summed E-state index contributed by atoms with van der Waals surface area (Å²) >= 11 is 0. The molecular formula is C19H35IN4O2. The van der Waals surface area contributed by atoms with Gasteiger partial charge in [0.05, 0.1) is 12.8 Å². The SMILES string of the molecule is CCNC(=NCC(C)(O)c1ccco1)NCC(C)CN1CCCCC1.I. The molecule has 0 spiro atoms. The van der Waals surface area contributed by atoms with Crippen LogP contribution in [0.2, 0.25) is 0 Å². The lowest BCUT2D eigenvalue weighted by Gasteiger charge is -2.29. The molecule has 0 radical (unpaired) electrons. The first-order valence-electron chi connectivity index (χ1n) is 9.52. The minimum absolute atomic E-state index is 0. The second-order valence-corrected chi connectivity index (χ2v) is 7.29. The third kappa shape index (κ3) is 7.84. The average Bonchev–Trinajstić information content (AvgIpc) is 3.14. The highest BCUT2D eigenvalue weighted by atomic mass is 127. The first-order chi connectivity index (χ1) is 12.0. The van der Waals surface area contributed by atoms with Crippen LogP contribution in [0, 0.1) is 5.92 Å². The first-order valence-corrected chi connectivity index (χ1v) is 9.52. The van der Waals surface area contributed by atoms with Crippen LogP contribution in [-0.4, -0.2) is 55.2 Å². The molecule has 0 aliphatic carbocycles. The number of nitrogens with one attached hydrogen (secondary N) is 2. The van der Waals surface area contributed by atoms with Gasteiger partial charge in [-0.3, -0.25) is 0 Å². The molecule has 2 rings (SSSR count). The van der Waals surface area contributed by atoms with Crippen LogP contribution in [0.15, 0.2) is 27.8 Å². The Morgan fingerprint density at radius 1 is 1.35 bits per heavy atom. The van der Waals surface area contributed by atoms with Gasteiger partial charge in [-0.15, -0.1) is 24.0 Å². The van der Waals surface area contributed by atoms with Gasteiger partial charge in [0, 0.05) is 19.6 Å². The minimum atomic E-state index is -1.11. The predicted molar refractivity (Wildman–Crippen MR) is 117 cm³/mol. The largest absolute Gasteiger partial charge is 0.466 e. The number of piperidine rings is 1. The van der Waals surface area contributed by atoms with Crippen molar-refractivity contribution in [2.45, 2.75) is 45.6 Å². The Morgan fingerprint density at radius 3 is 2.69 bits per heavy atom. The molecule has 7 heteroatoms. The molecule has 1 fully saturated rings. The monoisotopic (exact) mass is 478 g/mol. The predicted octanol–water partition coefficient (Wildman–Crippen LogP) is 2.78. The van der Waals surface area contributed by atoms with E-state index in [2.05, 4.69) is 27.4 Å². The van der Waals surface area contributed by atoms with E-state index in [1.807, 2.05) is 6.92 Å². The molecule has 0 saturated carbocycles. The fourth-order valence-electron chi connectivity index (χ4n) is 3.16. The van der Waals surface area contributed by atoms with E-state index in [4.69, 9.17) is 4.42 Å². The van der Waals surface area contributed by atoms with Crippen molar-refractivity contribution in [3.05, 3.63) is 24.2 Å². The molecule has 0 aromatic carbocycles. The summed E-state index contributed by atoms with van der Waals surface area (Å²) in [5.74, 6) is 1.82. The normalized spacial score (nSPS) is 19.3. The number of aliphatic hydroxyl groups is 1. The molecule has 2 atom stereocenters. The Labute approximate surface area is 174 Å². The summed E-state index contributed by atoms with van der Waals surface area (Å²) in [6.07, 6.45) is 5.59. The van der Waals surface area contributed by atoms with Crippen molar-refractivity contribution in [1.82, 2.24) is 15.5 Å². The highest BCUT2D eigenvalue weighted by Gasteiger charge is 2.26. The molecule has 1 aromatic rings. The van der Waals surface area contributed by atoms with Gasteiger partial charge in [0.15, 0.2) is 5.96 Å². The van der Waals surface area contributed by atoms with Crippen LogP contribution in [0.1, 0.15) is 45.8 Å². The van der Waals surface area contributed by atoms with Crippen molar-refractivity contribution in [2.75, 3.05) is 39.3 Å². The van der Waals surface area contributed by atoms with Crippen LogP contribution in [0.25, 0.3) is 0 Å². The molecule has 1 aliphatic rings. The van der Waals surface area contributed by atoms with Crippen molar-refractivity contribution >= 4 is 29.9 Å². The lowest BCUT2D eigenvalue weighted by atomic mass is 10.0. The van der Waals surface area contributed by atoms with Crippen LogP contribution < -0.4 is 10.6 Å². The van der Waals surface area contributed by atoms with Crippen LogP contribution in [0.3, 0.4) is 0 Å². The number of aliphatic imine (C=N–C) groups is 1. The average molecular weight is 478 g/mol. The summed E-state index contributed by atoms with van der Waals surface area (Å²) in [5, 5.41) is 17.2. The number of likely N-dealkylation sites (tertiary alicyclic amines) is 1. The van der Waals surface area contributed by atoms with E-state index < -0.39 is 5.60 Å². The maximum Gasteiger partial charge on any atom is 0.191 e. The zero-order valence-corrected chi connectivity index (χ0v) is 18.7. The molecule has 150 valence electrons. The van der Waals surface area contributed by atoms with Crippen LogP contribution in [0.5, 0.6) is 0 Å². The Kier molecular flexibility index (Phi) is 10.6. The molecule has 2 heterocycles. The van der Waals surface area contributed by atoms with Crippen molar-refractivity contribution in [3.63, 3.8) is 0 Å². The Hall–Kier alpha value is -0.800. The maximum absolute atomic E-state index is 10.5. The summed E-state index contributed by atoms with van der Waals surface area (Å²) in [6, 6.07) is 3.55. The fraction of sp³-hybridized carbons (Fsp3) is 0.737. The molecule has 1 saturated heterocycles. The van der Waals surface area contributed by atoms with Gasteiger partial charge in [-0.05, 0) is 57.8 Å². The Morgan fingerprint density at radius 2 is 2.08 bits per heavy atom. The van der Waals surface area contributed by atoms with Gasteiger partial charge in [-0.25, -0.2) is 4.99 Å². The van der Waals surface area contributed by atoms with E-state index in [1.165, 1.54) is 32.4 Å². The molecule has 1 aromatic heterocycles. The lowest BCUT2D eigenvalue weighted by molar-refractivity contribution is 0.0437. The molecule has 26 heavy (non-hydrogen) atoms. The van der Waals surface area contributed by atoms with E-state index in [0.29, 0.717) is 11.7 Å². The minimum Gasteiger partial charge on any atom is -0.466 e. The number of hydrogen-bond donors (Lipinski definition) is 3. The van der Waals surface area contributed by atoms with Gasteiger partial charge in [0.1, 0.15) is 11.4 Å². The number of rotatable bonds is 8. The zero-order valence-electron chi connectivity index (χ0n) is 16.3. The quantitative estimate of drug-likeness (QED) is 0.305. The van der Waals surface area contributed by atoms with E-state index in [9.17, 15) is 5.11 Å². The lowest BCUT2D eigenvalue weighted by Crippen LogP contribution is -2.43. The molecule has 1 aliphatic heterocycles. The summed E-state index contributed by atoms with van der Waals surface area (Å²) < 4.78 is 5.31. The number of halogens is 1. The van der Waals surface area contributed by atoms with E-state index in [1.54, 1.807) is 25.3 Å². The van der Waals surface area contributed by atoms with Crippen molar-refractivity contribution in [3.8, 4) is 0 Å². The summed E-state index contributed by atoms with van der Waals surface area (Å²) in [7, 11) is 0. The van der Waals surface area contributed by atoms with E-state index >= 15 is 0 Å². The van der Waals surface area contributed by atoms with E-state index in [0.717, 1.165) is 25.6 Å². The third-order valence-electron chi connectivity index (χ3n) is 4.58. The molecule has 6 nitrogen and oxygen atoms in total. The molecule has 2 unspecified atom stereocenters. The van der Waals surface area contributed by atoms with Crippen LogP contribution >= 0.6 is 24.0 Å². The highest BCUT2D eigenvalue weighted by Crippen LogP contribution is 2.21. The Bertz CT molecular complexity index is 514. The fourth-order valence-corrected chi connectivity index (χ4v) is 3.16. The molecule has 0 bridgehead atoms. The van der Waals surface area contributed by atoms with Gasteiger partial charge in [-0.1, -0.05) is 13.3 Å². The van der Waals surface area contributed by atoms with Gasteiger partial charge in [0.25, 0.3) is 0 Å². The van der Waals surface area contributed by atoms with Gasteiger partial charge >= 0.3 is 0 Å².